The molecule has 4 nitrogen and oxygen atoms in total. The Kier molecular flexibility index (Phi) is 2.09. The van der Waals surface area contributed by atoms with Crippen LogP contribution in [0.1, 0.15) is 5.01 Å². The summed E-state index contributed by atoms with van der Waals surface area (Å²) in [5, 5.41) is 9.19. The average molecular weight is 208 g/mol. The minimum absolute atomic E-state index is 0.0429. The Morgan fingerprint density at radius 3 is 3.00 bits per heavy atom. The fourth-order valence-electron chi connectivity index (χ4n) is 1.22. The Labute approximate surface area is 84.0 Å². The smallest absolute Gasteiger partial charge is 0.310 e. The van der Waals surface area contributed by atoms with Crippen LogP contribution in [0.15, 0.2) is 18.2 Å². The molecular weight excluding hydrogens is 200 g/mol. The normalized spacial score (nSPS) is 10.6. The number of hydrogen-bond acceptors (Lipinski definition) is 4. The fraction of sp³-hybridized carbons (Fsp3) is 0.111. The van der Waals surface area contributed by atoms with Crippen molar-refractivity contribution >= 4 is 33.2 Å². The number of thiazole rings is 1. The van der Waals surface area contributed by atoms with E-state index >= 15 is 0 Å². The van der Waals surface area contributed by atoms with Gasteiger partial charge in [0.15, 0.2) is 0 Å². The summed E-state index contributed by atoms with van der Waals surface area (Å²) in [6.07, 6.45) is -0.0429. The Balaban J connectivity index is 2.51. The van der Waals surface area contributed by atoms with Crippen molar-refractivity contribution in [2.24, 2.45) is 0 Å². The van der Waals surface area contributed by atoms with Gasteiger partial charge in [0.1, 0.15) is 5.01 Å². The van der Waals surface area contributed by atoms with Crippen LogP contribution in [0.5, 0.6) is 0 Å². The van der Waals surface area contributed by atoms with Crippen LogP contribution < -0.4 is 5.73 Å². The molecular formula is C9H8N2O2S. The molecule has 1 aromatic carbocycles. The van der Waals surface area contributed by atoms with E-state index < -0.39 is 5.97 Å². The number of fused-ring (bicyclic) bond motifs is 1. The van der Waals surface area contributed by atoms with Crippen molar-refractivity contribution in [2.45, 2.75) is 6.42 Å². The van der Waals surface area contributed by atoms with Crippen molar-refractivity contribution in [2.75, 3.05) is 5.73 Å². The largest absolute Gasteiger partial charge is 0.481 e. The molecule has 0 fully saturated rings. The second-order valence-electron chi connectivity index (χ2n) is 2.87. The van der Waals surface area contributed by atoms with E-state index in [1.165, 1.54) is 11.3 Å². The zero-order valence-electron chi connectivity index (χ0n) is 7.23. The van der Waals surface area contributed by atoms with E-state index in [4.69, 9.17) is 10.8 Å². The minimum Gasteiger partial charge on any atom is -0.481 e. The number of carbonyl (C=O) groups is 1. The molecule has 1 aromatic heterocycles. The van der Waals surface area contributed by atoms with Crippen LogP contribution in [0.25, 0.3) is 10.2 Å². The summed E-state index contributed by atoms with van der Waals surface area (Å²) < 4.78 is 0.865. The van der Waals surface area contributed by atoms with Gasteiger partial charge in [-0.25, -0.2) is 4.98 Å². The van der Waals surface area contributed by atoms with Gasteiger partial charge in [0.05, 0.1) is 22.3 Å². The zero-order chi connectivity index (χ0) is 10.1. The third-order valence-electron chi connectivity index (χ3n) is 1.79. The first-order chi connectivity index (χ1) is 6.66. The van der Waals surface area contributed by atoms with Crippen molar-refractivity contribution in [3.8, 4) is 0 Å². The second-order valence-corrected chi connectivity index (χ2v) is 3.96. The van der Waals surface area contributed by atoms with Crippen LogP contribution >= 0.6 is 11.3 Å². The van der Waals surface area contributed by atoms with E-state index in [1.807, 2.05) is 12.1 Å². The molecule has 3 N–H and O–H groups in total. The monoisotopic (exact) mass is 208 g/mol. The number of aliphatic carboxylic acids is 1. The summed E-state index contributed by atoms with van der Waals surface area (Å²) in [7, 11) is 0. The van der Waals surface area contributed by atoms with Gasteiger partial charge in [0, 0.05) is 0 Å². The first-order valence-electron chi connectivity index (χ1n) is 4.02. The van der Waals surface area contributed by atoms with Crippen LogP contribution in [0.3, 0.4) is 0 Å². The zero-order valence-corrected chi connectivity index (χ0v) is 8.04. The number of hydrogen-bond donors (Lipinski definition) is 2. The van der Waals surface area contributed by atoms with Gasteiger partial charge in [-0.2, -0.15) is 0 Å². The van der Waals surface area contributed by atoms with E-state index in [0.29, 0.717) is 10.7 Å². The molecule has 0 unspecified atom stereocenters. The highest BCUT2D eigenvalue weighted by Gasteiger charge is 2.08. The number of nitrogens with zero attached hydrogens (tertiary/aromatic N) is 1. The first-order valence-corrected chi connectivity index (χ1v) is 4.84. The average Bonchev–Trinajstić information content (AvgIpc) is 2.47. The summed E-state index contributed by atoms with van der Waals surface area (Å²) in [6.45, 7) is 0. The van der Waals surface area contributed by atoms with E-state index in [2.05, 4.69) is 4.98 Å². The maximum Gasteiger partial charge on any atom is 0.310 e. The molecule has 0 radical (unpaired) electrons. The van der Waals surface area contributed by atoms with Gasteiger partial charge in [0.2, 0.25) is 0 Å². The molecule has 0 aliphatic heterocycles. The maximum absolute atomic E-state index is 10.5. The highest BCUT2D eigenvalue weighted by Crippen LogP contribution is 2.27. The Hall–Kier alpha value is -1.62. The maximum atomic E-state index is 10.5. The van der Waals surface area contributed by atoms with Crippen molar-refractivity contribution in [3.63, 3.8) is 0 Å². The van der Waals surface area contributed by atoms with Gasteiger partial charge in [0.25, 0.3) is 0 Å². The lowest BCUT2D eigenvalue weighted by Gasteiger charge is -1.90. The predicted molar refractivity (Wildman–Crippen MR) is 55.4 cm³/mol. The Morgan fingerprint density at radius 1 is 1.57 bits per heavy atom. The van der Waals surface area contributed by atoms with Crippen molar-refractivity contribution < 1.29 is 9.90 Å². The molecule has 2 rings (SSSR count). The van der Waals surface area contributed by atoms with Crippen LogP contribution in [0, 0.1) is 0 Å². The van der Waals surface area contributed by atoms with E-state index in [-0.39, 0.29) is 6.42 Å². The number of aromatic nitrogens is 1. The van der Waals surface area contributed by atoms with Gasteiger partial charge >= 0.3 is 5.97 Å². The molecule has 0 aliphatic rings. The highest BCUT2D eigenvalue weighted by molar-refractivity contribution is 7.19. The summed E-state index contributed by atoms with van der Waals surface area (Å²) in [5.74, 6) is -0.873. The first kappa shape index (κ1) is 8.96. The number of nitrogens with two attached hydrogens (primary N) is 1. The minimum atomic E-state index is -0.873. The molecule has 72 valence electrons. The van der Waals surface area contributed by atoms with E-state index in [1.54, 1.807) is 6.07 Å². The Morgan fingerprint density at radius 2 is 2.36 bits per heavy atom. The number of carboxylic acids is 1. The van der Waals surface area contributed by atoms with Gasteiger partial charge in [-0.1, -0.05) is 6.07 Å². The Bertz CT molecular complexity index is 493. The van der Waals surface area contributed by atoms with Crippen molar-refractivity contribution in [1.29, 1.82) is 0 Å². The summed E-state index contributed by atoms with van der Waals surface area (Å²) >= 11 is 1.34. The predicted octanol–water partition coefficient (Wildman–Crippen LogP) is 1.51. The standard InChI is InChI=1S/C9H8N2O2S/c10-5-2-1-3-6-9(5)14-7(11-6)4-8(12)13/h1-3H,4,10H2,(H,12,13). The molecule has 0 atom stereocenters. The van der Waals surface area contributed by atoms with Gasteiger partial charge in [-0.15, -0.1) is 11.3 Å². The third-order valence-corrected chi connectivity index (χ3v) is 2.91. The number of anilines is 1. The topological polar surface area (TPSA) is 76.2 Å². The lowest BCUT2D eigenvalue weighted by atomic mass is 10.3. The molecule has 0 amide bonds. The SMILES string of the molecule is Nc1cccc2nc(CC(=O)O)sc12. The second kappa shape index (κ2) is 3.26. The third kappa shape index (κ3) is 1.54. The summed E-state index contributed by atoms with van der Waals surface area (Å²) in [5.41, 5.74) is 7.14. The van der Waals surface area contributed by atoms with Gasteiger partial charge in [-0.05, 0) is 12.1 Å². The lowest BCUT2D eigenvalue weighted by molar-refractivity contribution is -0.136. The van der Waals surface area contributed by atoms with Crippen LogP contribution in [-0.4, -0.2) is 16.1 Å². The molecule has 0 aliphatic carbocycles. The number of carboxylic acid groups (broad SMARTS) is 1. The van der Waals surface area contributed by atoms with Gasteiger partial charge < -0.3 is 10.8 Å². The number of benzene rings is 1. The molecule has 14 heavy (non-hydrogen) atoms. The van der Waals surface area contributed by atoms with Gasteiger partial charge in [-0.3, -0.25) is 4.79 Å². The quantitative estimate of drug-likeness (QED) is 0.733. The van der Waals surface area contributed by atoms with Crippen LogP contribution in [0.4, 0.5) is 5.69 Å². The molecule has 2 aromatic rings. The van der Waals surface area contributed by atoms with E-state index in [9.17, 15) is 4.79 Å². The highest BCUT2D eigenvalue weighted by atomic mass is 32.1. The summed E-state index contributed by atoms with van der Waals surface area (Å²) in [4.78, 5) is 14.6. The van der Waals surface area contributed by atoms with Crippen molar-refractivity contribution in [1.82, 2.24) is 4.98 Å². The van der Waals surface area contributed by atoms with Crippen molar-refractivity contribution in [3.05, 3.63) is 23.2 Å². The summed E-state index contributed by atoms with van der Waals surface area (Å²) in [6, 6.07) is 5.42. The molecule has 1 heterocycles. The number of rotatable bonds is 2. The van der Waals surface area contributed by atoms with Crippen LogP contribution in [0.2, 0.25) is 0 Å². The molecule has 0 bridgehead atoms. The number of nitrogen functional groups attached to an aromatic ring is 1. The molecule has 0 saturated carbocycles. The van der Waals surface area contributed by atoms with Crippen LogP contribution in [-0.2, 0) is 11.2 Å². The molecule has 0 spiro atoms. The molecule has 5 heteroatoms. The lowest BCUT2D eigenvalue weighted by Crippen LogP contribution is -1.98. The molecule has 0 saturated heterocycles. The fourth-order valence-corrected chi connectivity index (χ4v) is 2.20. The van der Waals surface area contributed by atoms with E-state index in [0.717, 1.165) is 10.2 Å².